The number of sulfonamides is 1. The van der Waals surface area contributed by atoms with Gasteiger partial charge in [-0.15, -0.1) is 0 Å². The largest absolute Gasteiger partial charge is 0.497 e. The number of piperazine rings is 1. The normalized spacial score (nSPS) is 14.0. The number of hydrogen-bond acceptors (Lipinski definition) is 6. The van der Waals surface area contributed by atoms with Crippen LogP contribution in [0.4, 0.5) is 17.1 Å². The molecule has 0 unspecified atom stereocenters. The Kier molecular flexibility index (Phi) is 8.53. The van der Waals surface area contributed by atoms with Crippen molar-refractivity contribution in [3.8, 4) is 5.75 Å². The van der Waals surface area contributed by atoms with Gasteiger partial charge in [-0.25, -0.2) is 17.3 Å². The minimum Gasteiger partial charge on any atom is -0.497 e. The number of pyridine rings is 1. The Morgan fingerprint density at radius 3 is 2.11 bits per heavy atom. The molecule has 0 bridgehead atoms. The van der Waals surface area contributed by atoms with Crippen LogP contribution in [0.3, 0.4) is 0 Å². The van der Waals surface area contributed by atoms with Crippen molar-refractivity contribution in [3.05, 3.63) is 72.6 Å². The maximum atomic E-state index is 13.0. The molecule has 1 aliphatic heterocycles. The van der Waals surface area contributed by atoms with Crippen LogP contribution in [-0.2, 0) is 21.9 Å². The molecule has 38 heavy (non-hydrogen) atoms. The summed E-state index contributed by atoms with van der Waals surface area (Å²) in [6, 6.07) is 16.9. The predicted molar refractivity (Wildman–Crippen MR) is 149 cm³/mol. The Morgan fingerprint density at radius 2 is 1.55 bits per heavy atom. The molecule has 2 aromatic carbocycles. The van der Waals surface area contributed by atoms with Crippen LogP contribution in [-0.4, -0.2) is 65.5 Å². The fourth-order valence-electron chi connectivity index (χ4n) is 4.49. The van der Waals surface area contributed by atoms with Gasteiger partial charge < -0.3 is 19.9 Å². The lowest BCUT2D eigenvalue weighted by molar-refractivity contribution is -0.671. The third-order valence-electron chi connectivity index (χ3n) is 6.85. The first-order valence-electron chi connectivity index (χ1n) is 12.6. The summed E-state index contributed by atoms with van der Waals surface area (Å²) in [5, 5.41) is 2.87. The van der Waals surface area contributed by atoms with Crippen LogP contribution >= 0.6 is 0 Å². The fourth-order valence-corrected chi connectivity index (χ4v) is 5.86. The maximum absolute atomic E-state index is 13.0. The van der Waals surface area contributed by atoms with E-state index in [0.717, 1.165) is 31.9 Å². The Bertz CT molecular complexity index is 1350. The molecule has 1 aliphatic rings. The van der Waals surface area contributed by atoms with Crippen molar-refractivity contribution < 1.29 is 22.5 Å². The highest BCUT2D eigenvalue weighted by Crippen LogP contribution is 2.24. The Balaban J connectivity index is 1.27. The number of hydrogen-bond donors (Lipinski definition) is 1. The first kappa shape index (κ1) is 27.4. The number of rotatable bonds is 9. The fraction of sp³-hybridized carbons (Fsp3) is 0.357. The Labute approximate surface area is 225 Å². The Hall–Kier alpha value is -3.63. The third-order valence-corrected chi connectivity index (χ3v) is 8.86. The molecule has 0 aliphatic carbocycles. The molecule has 1 fully saturated rings. The molecule has 2 heterocycles. The molecule has 1 saturated heterocycles. The summed E-state index contributed by atoms with van der Waals surface area (Å²) in [4.78, 5) is 17.5. The van der Waals surface area contributed by atoms with Gasteiger partial charge in [0.05, 0.1) is 12.0 Å². The lowest BCUT2D eigenvalue weighted by Crippen LogP contribution is -2.46. The summed E-state index contributed by atoms with van der Waals surface area (Å²) >= 11 is 0. The van der Waals surface area contributed by atoms with E-state index in [-0.39, 0.29) is 23.8 Å². The average molecular weight is 539 g/mol. The molecule has 9 nitrogen and oxygen atoms in total. The molecular weight excluding hydrogens is 502 g/mol. The van der Waals surface area contributed by atoms with E-state index < -0.39 is 10.0 Å². The second kappa shape index (κ2) is 11.8. The van der Waals surface area contributed by atoms with Crippen LogP contribution in [0.15, 0.2) is 71.9 Å². The SMILES string of the molecule is COc1ccc(S(=O)(=O)N(C)CCC(=O)Nc2ccc(N3CCN(c4cc[n+](C)cc4)CC3)cc2)c(C)c1. The molecule has 1 aromatic heterocycles. The first-order chi connectivity index (χ1) is 18.2. The predicted octanol–water partition coefficient (Wildman–Crippen LogP) is 2.80. The van der Waals surface area contributed by atoms with Gasteiger partial charge in [0, 0.05) is 75.4 Å². The number of amides is 1. The maximum Gasteiger partial charge on any atom is 0.243 e. The smallest absolute Gasteiger partial charge is 0.243 e. The van der Waals surface area contributed by atoms with Crippen LogP contribution in [0.25, 0.3) is 0 Å². The standard InChI is InChI=1S/C28H35N5O4S/c1-22-21-26(37-4)9-10-27(22)38(35,36)31(3)16-13-28(34)29-23-5-7-24(8-6-23)32-17-19-33(20-18-32)25-11-14-30(2)15-12-25/h5-12,14-15,21H,13,16-20H2,1-4H3/p+1. The third kappa shape index (κ3) is 6.43. The number of aromatic nitrogens is 1. The van der Waals surface area contributed by atoms with Crippen molar-refractivity contribution in [1.82, 2.24) is 4.31 Å². The summed E-state index contributed by atoms with van der Waals surface area (Å²) in [6.07, 6.45) is 4.17. The van der Waals surface area contributed by atoms with Crippen LogP contribution < -0.4 is 24.4 Å². The van der Waals surface area contributed by atoms with Gasteiger partial charge in [-0.3, -0.25) is 4.79 Å². The number of anilines is 3. The number of carbonyl (C=O) groups is 1. The van der Waals surface area contributed by atoms with E-state index in [1.165, 1.54) is 30.2 Å². The highest BCUT2D eigenvalue weighted by atomic mass is 32.2. The summed E-state index contributed by atoms with van der Waals surface area (Å²) < 4.78 is 34.3. The van der Waals surface area contributed by atoms with Gasteiger partial charge in [0.15, 0.2) is 12.4 Å². The summed E-state index contributed by atoms with van der Waals surface area (Å²) in [5.74, 6) is 0.356. The zero-order valence-corrected chi connectivity index (χ0v) is 23.2. The number of aryl methyl sites for hydroxylation is 2. The number of methoxy groups -OCH3 is 1. The number of nitrogens with one attached hydrogen (secondary N) is 1. The number of ether oxygens (including phenoxy) is 1. The van der Waals surface area contributed by atoms with E-state index in [2.05, 4.69) is 39.6 Å². The van der Waals surface area contributed by atoms with Gasteiger partial charge in [0.1, 0.15) is 12.8 Å². The first-order valence-corrected chi connectivity index (χ1v) is 14.1. The van der Waals surface area contributed by atoms with Crippen LogP contribution in [0.1, 0.15) is 12.0 Å². The van der Waals surface area contributed by atoms with E-state index in [9.17, 15) is 13.2 Å². The molecule has 0 saturated carbocycles. The quantitative estimate of drug-likeness (QED) is 0.422. The van der Waals surface area contributed by atoms with Gasteiger partial charge in [-0.05, 0) is 55.0 Å². The van der Waals surface area contributed by atoms with Gasteiger partial charge >= 0.3 is 0 Å². The molecule has 0 atom stereocenters. The molecule has 1 amide bonds. The zero-order valence-electron chi connectivity index (χ0n) is 22.4. The molecule has 0 radical (unpaired) electrons. The Morgan fingerprint density at radius 1 is 0.974 bits per heavy atom. The van der Waals surface area contributed by atoms with E-state index >= 15 is 0 Å². The molecule has 4 rings (SSSR count). The summed E-state index contributed by atoms with van der Waals surface area (Å²) in [7, 11) is 1.32. The van der Waals surface area contributed by atoms with Crippen molar-refractivity contribution in [2.75, 3.05) is 62.0 Å². The van der Waals surface area contributed by atoms with E-state index in [4.69, 9.17) is 4.74 Å². The molecule has 10 heteroatoms. The number of carbonyl (C=O) groups excluding carboxylic acids is 1. The minimum atomic E-state index is -3.72. The van der Waals surface area contributed by atoms with Crippen LogP contribution in [0, 0.1) is 6.92 Å². The topological polar surface area (TPSA) is 86.1 Å². The summed E-state index contributed by atoms with van der Waals surface area (Å²) in [6.45, 7) is 5.52. The highest BCUT2D eigenvalue weighted by molar-refractivity contribution is 7.89. The van der Waals surface area contributed by atoms with Crippen molar-refractivity contribution in [2.24, 2.45) is 7.05 Å². The van der Waals surface area contributed by atoms with Gasteiger partial charge in [0.25, 0.3) is 0 Å². The average Bonchev–Trinajstić information content (AvgIpc) is 2.92. The van der Waals surface area contributed by atoms with Crippen molar-refractivity contribution in [2.45, 2.75) is 18.2 Å². The van der Waals surface area contributed by atoms with Gasteiger partial charge in [-0.2, -0.15) is 0 Å². The molecular formula is C28H36N5O4S+. The van der Waals surface area contributed by atoms with Crippen LogP contribution in [0.5, 0.6) is 5.75 Å². The van der Waals surface area contributed by atoms with Crippen molar-refractivity contribution in [1.29, 1.82) is 0 Å². The van der Waals surface area contributed by atoms with Crippen molar-refractivity contribution >= 4 is 33.0 Å². The zero-order chi connectivity index (χ0) is 27.3. The van der Waals surface area contributed by atoms with E-state index in [0.29, 0.717) is 17.0 Å². The molecule has 1 N–H and O–H groups in total. The van der Waals surface area contributed by atoms with E-state index in [1.54, 1.807) is 19.1 Å². The summed E-state index contributed by atoms with van der Waals surface area (Å²) in [5.41, 5.74) is 3.63. The number of benzene rings is 2. The highest BCUT2D eigenvalue weighted by Gasteiger charge is 2.24. The van der Waals surface area contributed by atoms with Gasteiger partial charge in [0.2, 0.25) is 15.9 Å². The lowest BCUT2D eigenvalue weighted by atomic mass is 10.2. The van der Waals surface area contributed by atoms with Crippen molar-refractivity contribution in [3.63, 3.8) is 0 Å². The van der Waals surface area contributed by atoms with E-state index in [1.807, 2.05) is 35.9 Å². The van der Waals surface area contributed by atoms with Gasteiger partial charge in [-0.1, -0.05) is 0 Å². The second-order valence-corrected chi connectivity index (χ2v) is 11.5. The molecule has 3 aromatic rings. The lowest BCUT2D eigenvalue weighted by Gasteiger charge is -2.37. The van der Waals surface area contributed by atoms with Crippen LogP contribution in [0.2, 0.25) is 0 Å². The minimum absolute atomic E-state index is 0.0478. The monoisotopic (exact) mass is 538 g/mol. The second-order valence-electron chi connectivity index (χ2n) is 9.50. The molecule has 0 spiro atoms. The number of nitrogens with zero attached hydrogens (tertiary/aromatic N) is 4. The molecule has 202 valence electrons.